The lowest BCUT2D eigenvalue weighted by molar-refractivity contribution is -0.149. The summed E-state index contributed by atoms with van der Waals surface area (Å²) in [4.78, 5) is 11.8. The zero-order valence-electron chi connectivity index (χ0n) is 11.9. The molecule has 0 aliphatic heterocycles. The zero-order valence-corrected chi connectivity index (χ0v) is 11.9. The first-order valence-electron chi connectivity index (χ1n) is 6.84. The van der Waals surface area contributed by atoms with Crippen molar-refractivity contribution >= 4 is 5.97 Å². The Morgan fingerprint density at radius 2 is 2.20 bits per heavy atom. The first kappa shape index (κ1) is 14.7. The summed E-state index contributed by atoms with van der Waals surface area (Å²) >= 11 is 0. The van der Waals surface area contributed by atoms with Gasteiger partial charge in [0.2, 0.25) is 0 Å². The van der Waals surface area contributed by atoms with Crippen LogP contribution in [0.1, 0.15) is 26.2 Å². The van der Waals surface area contributed by atoms with E-state index in [0.717, 1.165) is 17.9 Å². The second kappa shape index (κ2) is 6.13. The zero-order chi connectivity index (χ0) is 14.6. The van der Waals surface area contributed by atoms with Gasteiger partial charge in [-0.3, -0.25) is 4.79 Å². The van der Waals surface area contributed by atoms with E-state index in [1.807, 2.05) is 24.3 Å². The molecule has 1 aromatic rings. The topological polar surface area (TPSA) is 70.8 Å². The average molecular weight is 279 g/mol. The maximum atomic E-state index is 11.8. The predicted octanol–water partition coefficient (Wildman–Crippen LogP) is 1.89. The number of ether oxygens (including phenoxy) is 3. The van der Waals surface area contributed by atoms with Gasteiger partial charge in [-0.25, -0.2) is 0 Å². The third-order valence-electron chi connectivity index (χ3n) is 3.53. The molecule has 1 aliphatic rings. The number of carbonyl (C=O) groups excluding carboxylic acids is 1. The van der Waals surface area contributed by atoms with Crippen LogP contribution in [0.3, 0.4) is 0 Å². The van der Waals surface area contributed by atoms with Crippen LogP contribution in [0, 0.1) is 0 Å². The minimum absolute atomic E-state index is 0.0727. The third kappa shape index (κ3) is 3.22. The Balaban J connectivity index is 1.97. The van der Waals surface area contributed by atoms with Crippen LogP contribution in [0.2, 0.25) is 0 Å². The van der Waals surface area contributed by atoms with Crippen LogP contribution >= 0.6 is 0 Å². The summed E-state index contributed by atoms with van der Waals surface area (Å²) in [6, 6.07) is 7.40. The SMILES string of the molecule is CCOC(=O)C1(N)CCC(Oc2cccc(OC)c2)C1. The van der Waals surface area contributed by atoms with Gasteiger partial charge in [0.05, 0.1) is 13.7 Å². The summed E-state index contributed by atoms with van der Waals surface area (Å²) in [6.07, 6.45) is 1.73. The number of methoxy groups -OCH3 is 1. The Labute approximate surface area is 119 Å². The highest BCUT2D eigenvalue weighted by Gasteiger charge is 2.44. The fourth-order valence-corrected chi connectivity index (χ4v) is 2.46. The number of benzene rings is 1. The van der Waals surface area contributed by atoms with Crippen LogP contribution in [0.5, 0.6) is 11.5 Å². The molecular weight excluding hydrogens is 258 g/mol. The smallest absolute Gasteiger partial charge is 0.326 e. The molecule has 2 N–H and O–H groups in total. The van der Waals surface area contributed by atoms with Gasteiger partial charge in [-0.1, -0.05) is 6.07 Å². The Bertz CT molecular complexity index is 477. The van der Waals surface area contributed by atoms with Gasteiger partial charge in [-0.2, -0.15) is 0 Å². The van der Waals surface area contributed by atoms with Crippen LogP contribution in [-0.2, 0) is 9.53 Å². The largest absolute Gasteiger partial charge is 0.497 e. The third-order valence-corrected chi connectivity index (χ3v) is 3.53. The average Bonchev–Trinajstić information content (AvgIpc) is 2.82. The molecule has 110 valence electrons. The first-order chi connectivity index (χ1) is 9.57. The van der Waals surface area contributed by atoms with Gasteiger partial charge < -0.3 is 19.9 Å². The molecule has 1 fully saturated rings. The Morgan fingerprint density at radius 3 is 2.90 bits per heavy atom. The fraction of sp³-hybridized carbons (Fsp3) is 0.533. The Kier molecular flexibility index (Phi) is 4.49. The standard InChI is InChI=1S/C15H21NO4/c1-3-19-14(17)15(16)8-7-13(10-15)20-12-6-4-5-11(9-12)18-2/h4-6,9,13H,3,7-8,10,16H2,1-2H3. The highest BCUT2D eigenvalue weighted by atomic mass is 16.5. The van der Waals surface area contributed by atoms with Gasteiger partial charge in [0.15, 0.2) is 0 Å². The molecule has 0 amide bonds. The van der Waals surface area contributed by atoms with Crippen LogP contribution in [0.15, 0.2) is 24.3 Å². The molecule has 0 aromatic heterocycles. The molecule has 0 radical (unpaired) electrons. The van der Waals surface area contributed by atoms with Crippen molar-refractivity contribution in [3.63, 3.8) is 0 Å². The molecule has 1 saturated carbocycles. The predicted molar refractivity (Wildman–Crippen MR) is 74.8 cm³/mol. The molecule has 5 nitrogen and oxygen atoms in total. The van der Waals surface area contributed by atoms with Crippen molar-refractivity contribution < 1.29 is 19.0 Å². The normalized spacial score (nSPS) is 25.2. The molecule has 1 aromatic carbocycles. The Hall–Kier alpha value is -1.75. The molecule has 2 rings (SSSR count). The summed E-state index contributed by atoms with van der Waals surface area (Å²) in [5, 5.41) is 0. The van der Waals surface area contributed by atoms with E-state index in [4.69, 9.17) is 19.9 Å². The van der Waals surface area contributed by atoms with E-state index in [1.165, 1.54) is 0 Å². The quantitative estimate of drug-likeness (QED) is 0.833. The molecule has 0 spiro atoms. The first-order valence-corrected chi connectivity index (χ1v) is 6.84. The van der Waals surface area contributed by atoms with Crippen LogP contribution in [0.25, 0.3) is 0 Å². The molecule has 0 bridgehead atoms. The summed E-state index contributed by atoms with van der Waals surface area (Å²) in [7, 11) is 1.61. The van der Waals surface area contributed by atoms with Crippen molar-refractivity contribution in [1.29, 1.82) is 0 Å². The van der Waals surface area contributed by atoms with E-state index < -0.39 is 5.54 Å². The molecule has 0 heterocycles. The molecule has 2 unspecified atom stereocenters. The second-order valence-corrected chi connectivity index (χ2v) is 5.04. The van der Waals surface area contributed by atoms with Gasteiger partial charge in [0.25, 0.3) is 0 Å². The van der Waals surface area contributed by atoms with E-state index in [2.05, 4.69) is 0 Å². The van der Waals surface area contributed by atoms with E-state index in [0.29, 0.717) is 19.4 Å². The lowest BCUT2D eigenvalue weighted by Crippen LogP contribution is -2.47. The lowest BCUT2D eigenvalue weighted by Gasteiger charge is -2.21. The van der Waals surface area contributed by atoms with E-state index in [1.54, 1.807) is 14.0 Å². The van der Waals surface area contributed by atoms with Crippen molar-refractivity contribution in [3.05, 3.63) is 24.3 Å². The number of carbonyl (C=O) groups is 1. The monoisotopic (exact) mass is 279 g/mol. The Morgan fingerprint density at radius 1 is 1.45 bits per heavy atom. The number of hydrogen-bond acceptors (Lipinski definition) is 5. The fourth-order valence-electron chi connectivity index (χ4n) is 2.46. The van der Waals surface area contributed by atoms with E-state index in [-0.39, 0.29) is 12.1 Å². The number of rotatable bonds is 5. The van der Waals surface area contributed by atoms with Crippen molar-refractivity contribution in [2.24, 2.45) is 5.73 Å². The van der Waals surface area contributed by atoms with Gasteiger partial charge in [0, 0.05) is 12.5 Å². The summed E-state index contributed by atoms with van der Waals surface area (Å²) in [5.41, 5.74) is 5.19. The van der Waals surface area contributed by atoms with Crippen molar-refractivity contribution in [3.8, 4) is 11.5 Å². The van der Waals surface area contributed by atoms with Gasteiger partial charge in [-0.05, 0) is 31.9 Å². The number of hydrogen-bond donors (Lipinski definition) is 1. The maximum absolute atomic E-state index is 11.8. The van der Waals surface area contributed by atoms with Crippen LogP contribution < -0.4 is 15.2 Å². The summed E-state index contributed by atoms with van der Waals surface area (Å²) < 4.78 is 16.0. The molecule has 20 heavy (non-hydrogen) atoms. The number of nitrogens with two attached hydrogens (primary N) is 1. The highest BCUT2D eigenvalue weighted by molar-refractivity contribution is 5.81. The van der Waals surface area contributed by atoms with Crippen LogP contribution in [-0.4, -0.2) is 31.3 Å². The van der Waals surface area contributed by atoms with Gasteiger partial charge >= 0.3 is 5.97 Å². The maximum Gasteiger partial charge on any atom is 0.326 e. The lowest BCUT2D eigenvalue weighted by atomic mass is 9.99. The molecular formula is C15H21NO4. The molecule has 2 atom stereocenters. The van der Waals surface area contributed by atoms with Gasteiger partial charge in [-0.15, -0.1) is 0 Å². The van der Waals surface area contributed by atoms with E-state index >= 15 is 0 Å². The summed E-state index contributed by atoms with van der Waals surface area (Å²) in [6.45, 7) is 2.12. The molecule has 1 aliphatic carbocycles. The molecule has 5 heteroatoms. The van der Waals surface area contributed by atoms with Crippen molar-refractivity contribution in [2.45, 2.75) is 37.8 Å². The van der Waals surface area contributed by atoms with Gasteiger partial charge in [0.1, 0.15) is 23.1 Å². The molecule has 0 saturated heterocycles. The van der Waals surface area contributed by atoms with Crippen molar-refractivity contribution in [1.82, 2.24) is 0 Å². The second-order valence-electron chi connectivity index (χ2n) is 5.04. The minimum atomic E-state index is -0.917. The summed E-state index contributed by atoms with van der Waals surface area (Å²) in [5.74, 6) is 1.13. The number of esters is 1. The van der Waals surface area contributed by atoms with Crippen LogP contribution in [0.4, 0.5) is 0 Å². The van der Waals surface area contributed by atoms with E-state index in [9.17, 15) is 4.79 Å². The minimum Gasteiger partial charge on any atom is -0.497 e. The highest BCUT2D eigenvalue weighted by Crippen LogP contribution is 2.32. The van der Waals surface area contributed by atoms with Crippen molar-refractivity contribution in [2.75, 3.05) is 13.7 Å².